The third-order valence-corrected chi connectivity index (χ3v) is 2.18. The molecule has 5 heteroatoms. The summed E-state index contributed by atoms with van der Waals surface area (Å²) in [5.74, 6) is -0.128. The molecule has 1 unspecified atom stereocenters. The average molecular weight is 210 g/mol. The Hall–Kier alpha value is -0.380. The topological polar surface area (TPSA) is 49.7 Å². The van der Waals surface area contributed by atoms with Crippen molar-refractivity contribution in [2.24, 2.45) is 0 Å². The zero-order chi connectivity index (χ0) is 9.30. The molecule has 0 aromatic rings. The molecule has 12 heavy (non-hydrogen) atoms. The number of aliphatic hydroxyl groups excluding tert-OH is 2. The summed E-state index contributed by atoms with van der Waals surface area (Å²) in [5.41, 5.74) is 0. The third-order valence-electron chi connectivity index (χ3n) is 1.42. The fraction of sp³-hybridized carbons (Fsp3) is 0.286. The molecule has 3 nitrogen and oxygen atoms in total. The van der Waals surface area contributed by atoms with Gasteiger partial charge in [-0.2, -0.15) is 0 Å². The van der Waals surface area contributed by atoms with E-state index in [1.54, 1.807) is 0 Å². The largest absolute Gasteiger partial charge is 0.510 e. The van der Waals surface area contributed by atoms with Crippen molar-refractivity contribution in [3.05, 3.63) is 28.0 Å². The van der Waals surface area contributed by atoms with Gasteiger partial charge in [0.2, 0.25) is 0 Å². The Balaban J connectivity index is 3.09. The van der Waals surface area contributed by atoms with Crippen LogP contribution in [0.2, 0.25) is 0 Å². The monoisotopic (exact) mass is 209 g/mol. The zero-order valence-electron chi connectivity index (χ0n) is 6.21. The summed E-state index contributed by atoms with van der Waals surface area (Å²) in [5, 5.41) is 18.4. The molecule has 0 amide bonds. The van der Waals surface area contributed by atoms with Crippen molar-refractivity contribution in [2.45, 2.75) is 6.10 Å². The van der Waals surface area contributed by atoms with Gasteiger partial charge in [-0.25, -0.2) is 0 Å². The lowest BCUT2D eigenvalue weighted by Crippen LogP contribution is -2.17. The van der Waals surface area contributed by atoms with Crippen molar-refractivity contribution in [3.63, 3.8) is 0 Å². The van der Waals surface area contributed by atoms with Crippen LogP contribution in [0.3, 0.4) is 0 Å². The molecule has 2 N–H and O–H groups in total. The van der Waals surface area contributed by atoms with E-state index < -0.39 is 6.10 Å². The van der Waals surface area contributed by atoms with E-state index in [1.165, 1.54) is 7.11 Å². The van der Waals surface area contributed by atoms with Crippen LogP contribution in [0.1, 0.15) is 0 Å². The van der Waals surface area contributed by atoms with Gasteiger partial charge in [0.25, 0.3) is 0 Å². The molecule has 1 aliphatic carbocycles. The Morgan fingerprint density at radius 2 is 2.08 bits per heavy atom. The molecular weight excluding hydrogens is 203 g/mol. The van der Waals surface area contributed by atoms with Crippen LogP contribution in [0.25, 0.3) is 0 Å². The van der Waals surface area contributed by atoms with Crippen LogP contribution in [-0.4, -0.2) is 23.4 Å². The molecule has 1 aliphatic rings. The highest BCUT2D eigenvalue weighted by Crippen LogP contribution is 2.33. The number of aliphatic hydroxyl groups is 2. The summed E-state index contributed by atoms with van der Waals surface area (Å²) in [6.45, 7) is 0. The lowest BCUT2D eigenvalue weighted by atomic mass is 10.1. The summed E-state index contributed by atoms with van der Waals surface area (Å²) < 4.78 is 4.77. The van der Waals surface area contributed by atoms with Crippen molar-refractivity contribution < 1.29 is 14.9 Å². The van der Waals surface area contributed by atoms with Gasteiger partial charge in [0.1, 0.15) is 16.9 Å². The molecule has 67 valence electrons. The maximum atomic E-state index is 9.19. The Morgan fingerprint density at radius 3 is 2.58 bits per heavy atom. The first-order valence-corrected chi connectivity index (χ1v) is 3.89. The third kappa shape index (κ3) is 1.53. The lowest BCUT2D eigenvalue weighted by molar-refractivity contribution is 0.217. The number of ether oxygens (including phenoxy) is 1. The van der Waals surface area contributed by atoms with Crippen molar-refractivity contribution in [2.75, 3.05) is 7.11 Å². The minimum atomic E-state index is -1.05. The number of allylic oxidation sites excluding steroid dienone is 1. The van der Waals surface area contributed by atoms with Crippen LogP contribution in [-0.2, 0) is 4.74 Å². The molecule has 0 heterocycles. The van der Waals surface area contributed by atoms with Crippen LogP contribution in [0.15, 0.2) is 21.6 Å². The van der Waals surface area contributed by atoms with E-state index >= 15 is 0 Å². The van der Waals surface area contributed by atoms with Crippen molar-refractivity contribution in [1.29, 1.82) is 0 Å². The maximum Gasteiger partial charge on any atom is 0.158 e. The average Bonchev–Trinajstić information content (AvgIpc) is 2.02. The maximum absolute atomic E-state index is 9.19. The number of halogens is 2. The van der Waals surface area contributed by atoms with Crippen molar-refractivity contribution >= 4 is 23.2 Å². The van der Waals surface area contributed by atoms with Gasteiger partial charge >= 0.3 is 0 Å². The predicted molar refractivity (Wildman–Crippen MR) is 45.7 cm³/mol. The van der Waals surface area contributed by atoms with Gasteiger partial charge in [0, 0.05) is 0 Å². The van der Waals surface area contributed by atoms with Gasteiger partial charge in [-0.3, -0.25) is 0 Å². The Kier molecular flexibility index (Phi) is 2.88. The number of methoxy groups -OCH3 is 1. The first kappa shape index (κ1) is 9.71. The second-order valence-electron chi connectivity index (χ2n) is 2.19. The molecular formula is C7H7Cl2O3. The molecule has 0 saturated heterocycles. The van der Waals surface area contributed by atoms with E-state index in [2.05, 4.69) is 0 Å². The Bertz CT molecular complexity index is 257. The molecule has 1 atom stereocenters. The van der Waals surface area contributed by atoms with E-state index in [-0.39, 0.29) is 21.6 Å². The fourth-order valence-electron chi connectivity index (χ4n) is 0.838. The molecule has 0 fully saturated rings. The van der Waals surface area contributed by atoms with E-state index in [0.29, 0.717) is 0 Å². The SMILES string of the molecule is COC1=C(Cl)C(O)[CH]C(O)=C1Cl. The van der Waals surface area contributed by atoms with Crippen LogP contribution in [0, 0.1) is 6.42 Å². The summed E-state index contributed by atoms with van der Waals surface area (Å²) >= 11 is 11.3. The second-order valence-corrected chi connectivity index (χ2v) is 2.98. The quantitative estimate of drug-likeness (QED) is 0.691. The van der Waals surface area contributed by atoms with Crippen molar-refractivity contribution in [3.8, 4) is 0 Å². The molecule has 0 saturated carbocycles. The number of hydrogen-bond acceptors (Lipinski definition) is 3. The normalized spacial score (nSPS) is 24.8. The van der Waals surface area contributed by atoms with Crippen LogP contribution in [0.4, 0.5) is 0 Å². The Morgan fingerprint density at radius 1 is 1.50 bits per heavy atom. The minimum Gasteiger partial charge on any atom is -0.510 e. The number of rotatable bonds is 1. The molecule has 0 bridgehead atoms. The van der Waals surface area contributed by atoms with Crippen LogP contribution in [0.5, 0.6) is 0 Å². The van der Waals surface area contributed by atoms with E-state index in [0.717, 1.165) is 6.42 Å². The standard InChI is InChI=1S/C7H7Cl2O3/c1-12-7-5(8)3(10)2-4(11)6(7)9/h2-3,10-11H,1H3. The molecule has 0 aromatic heterocycles. The van der Waals surface area contributed by atoms with E-state index in [4.69, 9.17) is 33.0 Å². The van der Waals surface area contributed by atoms with Gasteiger partial charge < -0.3 is 14.9 Å². The minimum absolute atomic E-state index is 0.00722. The summed E-state index contributed by atoms with van der Waals surface area (Å²) in [4.78, 5) is 0. The van der Waals surface area contributed by atoms with Crippen molar-refractivity contribution in [1.82, 2.24) is 0 Å². The summed E-state index contributed by atoms with van der Waals surface area (Å²) in [6, 6.07) is 0. The molecule has 1 radical (unpaired) electrons. The summed E-state index contributed by atoms with van der Waals surface area (Å²) in [6.07, 6.45) is 0.0804. The molecule has 0 aromatic carbocycles. The lowest BCUT2D eigenvalue weighted by Gasteiger charge is -2.19. The smallest absolute Gasteiger partial charge is 0.158 e. The molecule has 1 rings (SSSR count). The van der Waals surface area contributed by atoms with E-state index in [1.807, 2.05) is 0 Å². The van der Waals surface area contributed by atoms with Gasteiger partial charge in [0.05, 0.1) is 18.6 Å². The number of hydrogen-bond donors (Lipinski definition) is 2. The second kappa shape index (κ2) is 3.56. The predicted octanol–water partition coefficient (Wildman–Crippen LogP) is 1.67. The fourth-order valence-corrected chi connectivity index (χ4v) is 1.36. The zero-order valence-corrected chi connectivity index (χ0v) is 7.73. The van der Waals surface area contributed by atoms with Gasteiger partial charge in [0.15, 0.2) is 5.76 Å². The van der Waals surface area contributed by atoms with Gasteiger partial charge in [-0.05, 0) is 0 Å². The van der Waals surface area contributed by atoms with Gasteiger partial charge in [-0.15, -0.1) is 0 Å². The molecule has 0 aliphatic heterocycles. The first-order chi connectivity index (χ1) is 5.57. The van der Waals surface area contributed by atoms with E-state index in [9.17, 15) is 5.11 Å². The summed E-state index contributed by atoms with van der Waals surface area (Å²) in [7, 11) is 1.35. The first-order valence-electron chi connectivity index (χ1n) is 3.13. The highest BCUT2D eigenvalue weighted by atomic mass is 35.5. The van der Waals surface area contributed by atoms with Crippen LogP contribution >= 0.6 is 23.2 Å². The Labute approximate surface area is 79.9 Å². The highest BCUT2D eigenvalue weighted by Gasteiger charge is 2.27. The van der Waals surface area contributed by atoms with Gasteiger partial charge in [-0.1, -0.05) is 23.2 Å². The van der Waals surface area contributed by atoms with Crippen LogP contribution < -0.4 is 0 Å². The molecule has 0 spiro atoms. The highest BCUT2D eigenvalue weighted by molar-refractivity contribution is 6.36.